The van der Waals surface area contributed by atoms with Gasteiger partial charge >= 0.3 is 11.9 Å². The van der Waals surface area contributed by atoms with Gasteiger partial charge in [-0.2, -0.15) is 0 Å². The molecule has 6 nitrogen and oxygen atoms in total. The number of rotatable bonds is 4. The average Bonchev–Trinajstić information content (AvgIpc) is 2.99. The fourth-order valence-corrected chi connectivity index (χ4v) is 6.29. The van der Waals surface area contributed by atoms with Crippen molar-refractivity contribution in [2.24, 2.45) is 17.3 Å². The monoisotopic (exact) mass is 412 g/mol. The van der Waals surface area contributed by atoms with Crippen molar-refractivity contribution in [3.63, 3.8) is 0 Å². The molecule has 30 heavy (non-hydrogen) atoms. The van der Waals surface area contributed by atoms with E-state index in [-0.39, 0.29) is 5.41 Å². The van der Waals surface area contributed by atoms with Crippen molar-refractivity contribution in [1.29, 1.82) is 0 Å². The fraction of sp³-hybridized carbons (Fsp3) is 0.583. The van der Waals surface area contributed by atoms with Crippen LogP contribution >= 0.6 is 0 Å². The summed E-state index contributed by atoms with van der Waals surface area (Å²) in [6.45, 7) is 2.16. The highest BCUT2D eigenvalue weighted by atomic mass is 16.5. The second kappa shape index (κ2) is 7.40. The topological polar surface area (TPSA) is 104 Å². The zero-order valence-corrected chi connectivity index (χ0v) is 17.1. The maximum Gasteiger partial charge on any atom is 0.333 e. The standard InChI is InChI=1S/C24H28O6/c1-3-24(29)11-9-19-18-6-4-14-12-15(30-21(26)13-20(25)22(27)28)5-7-16(14)17(18)8-10-23(19,24)2/h1,5,7,12,17-20,25,29H,4,6,8-11,13H2,2H3,(H,27,28)/t17?,18?,19?,20-,23+,24+/m1/s1. The van der Waals surface area contributed by atoms with E-state index >= 15 is 0 Å². The van der Waals surface area contributed by atoms with Crippen molar-refractivity contribution < 1.29 is 29.6 Å². The number of carbonyl (C=O) groups is 2. The van der Waals surface area contributed by atoms with E-state index in [2.05, 4.69) is 12.8 Å². The minimum absolute atomic E-state index is 0.235. The predicted molar refractivity (Wildman–Crippen MR) is 109 cm³/mol. The first kappa shape index (κ1) is 20.9. The number of aliphatic carboxylic acids is 1. The molecular formula is C24H28O6. The third-order valence-corrected chi connectivity index (χ3v) is 7.97. The number of ether oxygens (including phenoxy) is 1. The van der Waals surface area contributed by atoms with Crippen molar-refractivity contribution in [3.05, 3.63) is 29.3 Å². The molecule has 2 saturated carbocycles. The van der Waals surface area contributed by atoms with Crippen molar-refractivity contribution in [2.45, 2.75) is 69.5 Å². The summed E-state index contributed by atoms with van der Waals surface area (Å²) in [6, 6.07) is 5.61. The molecule has 1 aromatic rings. The minimum Gasteiger partial charge on any atom is -0.479 e. The van der Waals surface area contributed by atoms with Crippen LogP contribution in [0.15, 0.2) is 18.2 Å². The van der Waals surface area contributed by atoms with Crippen LogP contribution in [0, 0.1) is 29.6 Å². The summed E-state index contributed by atoms with van der Waals surface area (Å²) in [7, 11) is 0. The molecule has 160 valence electrons. The molecule has 0 aromatic heterocycles. The quantitative estimate of drug-likeness (QED) is 0.399. The van der Waals surface area contributed by atoms with E-state index in [0.29, 0.717) is 29.9 Å². The van der Waals surface area contributed by atoms with Gasteiger partial charge in [0, 0.05) is 5.41 Å². The fourth-order valence-electron chi connectivity index (χ4n) is 6.29. The molecule has 0 radical (unpaired) electrons. The van der Waals surface area contributed by atoms with Gasteiger partial charge in [0.1, 0.15) is 11.4 Å². The van der Waals surface area contributed by atoms with Gasteiger partial charge in [0.05, 0.1) is 6.42 Å². The van der Waals surface area contributed by atoms with E-state index in [1.165, 1.54) is 5.56 Å². The number of carboxylic acids is 1. The zero-order chi connectivity index (χ0) is 21.7. The summed E-state index contributed by atoms with van der Waals surface area (Å²) < 4.78 is 5.25. The molecule has 3 aliphatic carbocycles. The Kier molecular flexibility index (Phi) is 5.16. The van der Waals surface area contributed by atoms with E-state index in [0.717, 1.165) is 37.7 Å². The Morgan fingerprint density at radius 2 is 2.07 bits per heavy atom. The van der Waals surface area contributed by atoms with Crippen molar-refractivity contribution in [2.75, 3.05) is 0 Å². The van der Waals surface area contributed by atoms with Gasteiger partial charge in [-0.05, 0) is 79.5 Å². The Bertz CT molecular complexity index is 917. The molecule has 0 spiro atoms. The lowest BCUT2D eigenvalue weighted by Gasteiger charge is -2.52. The van der Waals surface area contributed by atoms with Gasteiger partial charge < -0.3 is 20.1 Å². The van der Waals surface area contributed by atoms with Crippen LogP contribution in [0.25, 0.3) is 0 Å². The molecule has 6 atom stereocenters. The third-order valence-electron chi connectivity index (χ3n) is 7.97. The number of aryl methyl sites for hydroxylation is 1. The molecule has 0 amide bonds. The number of hydrogen-bond donors (Lipinski definition) is 3. The maximum atomic E-state index is 11.9. The number of benzene rings is 1. The molecule has 6 heteroatoms. The molecule has 3 N–H and O–H groups in total. The first-order chi connectivity index (χ1) is 14.2. The average molecular weight is 412 g/mol. The molecule has 4 rings (SSSR count). The Labute approximate surface area is 176 Å². The third kappa shape index (κ3) is 3.21. The van der Waals surface area contributed by atoms with Crippen LogP contribution in [0.5, 0.6) is 5.75 Å². The number of aliphatic hydroxyl groups is 2. The van der Waals surface area contributed by atoms with Crippen LogP contribution in [0.3, 0.4) is 0 Å². The molecule has 0 aliphatic heterocycles. The Hall–Kier alpha value is -2.36. The largest absolute Gasteiger partial charge is 0.479 e. The molecule has 0 heterocycles. The summed E-state index contributed by atoms with van der Waals surface area (Å²) >= 11 is 0. The first-order valence-electron chi connectivity index (χ1n) is 10.6. The second-order valence-corrected chi connectivity index (χ2v) is 9.31. The Balaban J connectivity index is 1.51. The van der Waals surface area contributed by atoms with Crippen LogP contribution in [-0.2, 0) is 16.0 Å². The van der Waals surface area contributed by atoms with Gasteiger partial charge in [-0.3, -0.25) is 4.79 Å². The van der Waals surface area contributed by atoms with Gasteiger partial charge in [0.15, 0.2) is 6.10 Å². The number of esters is 1. The predicted octanol–water partition coefficient (Wildman–Crippen LogP) is 2.65. The highest BCUT2D eigenvalue weighted by Crippen LogP contribution is 2.64. The van der Waals surface area contributed by atoms with Crippen LogP contribution in [0.2, 0.25) is 0 Å². The van der Waals surface area contributed by atoms with Gasteiger partial charge in [-0.25, -0.2) is 4.79 Å². The second-order valence-electron chi connectivity index (χ2n) is 9.31. The highest BCUT2D eigenvalue weighted by Gasteiger charge is 2.61. The van der Waals surface area contributed by atoms with E-state index in [4.69, 9.17) is 16.3 Å². The molecule has 3 unspecified atom stereocenters. The van der Waals surface area contributed by atoms with Gasteiger partial charge in [0.25, 0.3) is 0 Å². The van der Waals surface area contributed by atoms with E-state index < -0.39 is 30.1 Å². The zero-order valence-electron chi connectivity index (χ0n) is 17.1. The number of carboxylic acid groups (broad SMARTS) is 1. The summed E-state index contributed by atoms with van der Waals surface area (Å²) in [5.74, 6) is 2.14. The summed E-state index contributed by atoms with van der Waals surface area (Å²) in [5, 5.41) is 29.0. The minimum atomic E-state index is -1.76. The van der Waals surface area contributed by atoms with E-state index in [9.17, 15) is 19.8 Å². The summed E-state index contributed by atoms with van der Waals surface area (Å²) in [6.07, 6.45) is 8.72. The molecular weight excluding hydrogens is 384 g/mol. The Morgan fingerprint density at radius 3 is 2.77 bits per heavy atom. The van der Waals surface area contributed by atoms with Crippen molar-refractivity contribution in [3.8, 4) is 18.1 Å². The van der Waals surface area contributed by atoms with Crippen LogP contribution in [0.4, 0.5) is 0 Å². The lowest BCUT2D eigenvalue weighted by Crippen LogP contribution is -2.50. The smallest absolute Gasteiger partial charge is 0.333 e. The van der Waals surface area contributed by atoms with Crippen LogP contribution in [0.1, 0.15) is 62.5 Å². The summed E-state index contributed by atoms with van der Waals surface area (Å²) in [4.78, 5) is 22.6. The number of fused-ring (bicyclic) bond motifs is 5. The SMILES string of the molecule is C#C[C@]1(O)CCC2C3CCc4cc(OC(=O)C[C@@H](O)C(=O)O)ccc4C3CC[C@@]21C. The molecule has 0 saturated heterocycles. The van der Waals surface area contributed by atoms with Crippen LogP contribution < -0.4 is 4.74 Å². The number of aliphatic hydroxyl groups excluding tert-OH is 1. The maximum absolute atomic E-state index is 11.9. The van der Waals surface area contributed by atoms with Crippen molar-refractivity contribution in [1.82, 2.24) is 0 Å². The molecule has 0 bridgehead atoms. The molecule has 3 aliphatic rings. The highest BCUT2D eigenvalue weighted by molar-refractivity contribution is 5.81. The van der Waals surface area contributed by atoms with Crippen molar-refractivity contribution >= 4 is 11.9 Å². The molecule has 2 fully saturated rings. The van der Waals surface area contributed by atoms with Gasteiger partial charge in [0.2, 0.25) is 0 Å². The van der Waals surface area contributed by atoms with E-state index in [1.54, 1.807) is 6.07 Å². The van der Waals surface area contributed by atoms with Crippen LogP contribution in [-0.4, -0.2) is 39.0 Å². The number of hydrogen-bond acceptors (Lipinski definition) is 5. The van der Waals surface area contributed by atoms with Gasteiger partial charge in [-0.15, -0.1) is 6.42 Å². The number of carbonyl (C=O) groups excluding carboxylic acids is 1. The lowest BCUT2D eigenvalue weighted by atomic mass is 9.53. The Morgan fingerprint density at radius 1 is 1.30 bits per heavy atom. The van der Waals surface area contributed by atoms with E-state index in [1.807, 2.05) is 12.1 Å². The normalized spacial score (nSPS) is 35.3. The lowest BCUT2D eigenvalue weighted by molar-refractivity contribution is -0.152. The molecule has 1 aromatic carbocycles. The van der Waals surface area contributed by atoms with Gasteiger partial charge in [-0.1, -0.05) is 18.9 Å². The number of terminal acetylenes is 1. The first-order valence-corrected chi connectivity index (χ1v) is 10.6. The summed E-state index contributed by atoms with van der Waals surface area (Å²) in [5.41, 5.74) is 1.17.